The van der Waals surface area contributed by atoms with Gasteiger partial charge in [0.2, 0.25) is 10.0 Å². The van der Waals surface area contributed by atoms with E-state index >= 15 is 0 Å². The number of nitrogens with zero attached hydrogens (tertiary/aromatic N) is 5. The highest BCUT2D eigenvalue weighted by molar-refractivity contribution is 7.89. The van der Waals surface area contributed by atoms with E-state index in [0.29, 0.717) is 23.7 Å². The monoisotopic (exact) mass is 429 g/mol. The highest BCUT2D eigenvalue weighted by Gasteiger charge is 2.27. The van der Waals surface area contributed by atoms with Gasteiger partial charge in [-0.15, -0.1) is 10.2 Å². The number of piperazine rings is 1. The molecular weight excluding hydrogens is 398 g/mol. The number of hydrogen-bond acceptors (Lipinski definition) is 6. The van der Waals surface area contributed by atoms with E-state index in [1.165, 1.54) is 0 Å². The second-order valence-corrected chi connectivity index (χ2v) is 10.0. The summed E-state index contributed by atoms with van der Waals surface area (Å²) >= 11 is 0. The number of hydrogen-bond donors (Lipinski definition) is 0. The van der Waals surface area contributed by atoms with E-state index in [0.717, 1.165) is 68.9 Å². The van der Waals surface area contributed by atoms with Gasteiger partial charge in [-0.25, -0.2) is 8.42 Å². The first-order valence-corrected chi connectivity index (χ1v) is 12.4. The largest absolute Gasteiger partial charge is 0.353 e. The molecule has 0 aliphatic carbocycles. The van der Waals surface area contributed by atoms with E-state index < -0.39 is 10.0 Å². The highest BCUT2D eigenvalue weighted by Crippen LogP contribution is 2.28. The first-order valence-electron chi connectivity index (χ1n) is 10.9. The van der Waals surface area contributed by atoms with Crippen LogP contribution in [0.4, 0.5) is 5.82 Å². The van der Waals surface area contributed by atoms with Crippen molar-refractivity contribution in [2.24, 2.45) is 0 Å². The summed E-state index contributed by atoms with van der Waals surface area (Å²) in [7, 11) is -3.48. The normalized spacial score (nSPS) is 19.2. The van der Waals surface area contributed by atoms with Crippen molar-refractivity contribution in [1.82, 2.24) is 19.4 Å². The van der Waals surface area contributed by atoms with Crippen LogP contribution >= 0.6 is 0 Å². The zero-order valence-corrected chi connectivity index (χ0v) is 18.7. The van der Waals surface area contributed by atoms with Crippen molar-refractivity contribution in [2.45, 2.75) is 38.0 Å². The molecule has 162 valence electrons. The molecule has 0 bridgehead atoms. The van der Waals surface area contributed by atoms with Crippen LogP contribution in [-0.2, 0) is 10.0 Å². The zero-order valence-electron chi connectivity index (χ0n) is 17.9. The molecule has 0 amide bonds. The Balaban J connectivity index is 1.55. The SMILES string of the molecule is CCN1CCN(c2ccc(-c3ccc(C)c(S(=O)(=O)N4CCCCC4)c3)nn2)CC1. The summed E-state index contributed by atoms with van der Waals surface area (Å²) in [6, 6.07) is 9.47. The summed E-state index contributed by atoms with van der Waals surface area (Å²) in [5.74, 6) is 0.878. The standard InChI is InChI=1S/C22H31N5O2S/c1-3-25-13-15-26(16-14-25)22-10-9-20(23-24-22)19-8-7-18(2)21(17-19)30(28,29)27-11-5-4-6-12-27/h7-10,17H,3-6,11-16H2,1-2H3. The topological polar surface area (TPSA) is 69.6 Å². The predicted molar refractivity (Wildman–Crippen MR) is 119 cm³/mol. The van der Waals surface area contributed by atoms with Crippen molar-refractivity contribution in [3.63, 3.8) is 0 Å². The number of anilines is 1. The molecule has 0 spiro atoms. The van der Waals surface area contributed by atoms with Gasteiger partial charge >= 0.3 is 0 Å². The number of sulfonamides is 1. The summed E-state index contributed by atoms with van der Waals surface area (Å²) in [6.07, 6.45) is 2.95. The lowest BCUT2D eigenvalue weighted by molar-refractivity contribution is 0.270. The molecule has 0 unspecified atom stereocenters. The second-order valence-electron chi connectivity index (χ2n) is 8.14. The molecule has 0 saturated carbocycles. The number of likely N-dealkylation sites (N-methyl/N-ethyl adjacent to an activating group) is 1. The van der Waals surface area contributed by atoms with Crippen molar-refractivity contribution >= 4 is 15.8 Å². The van der Waals surface area contributed by atoms with Crippen molar-refractivity contribution in [3.05, 3.63) is 35.9 Å². The lowest BCUT2D eigenvalue weighted by Crippen LogP contribution is -2.46. The third kappa shape index (κ3) is 4.36. The average molecular weight is 430 g/mol. The maximum absolute atomic E-state index is 13.2. The Kier molecular flexibility index (Phi) is 6.36. The van der Waals surface area contributed by atoms with Crippen LogP contribution in [0.15, 0.2) is 35.2 Å². The molecule has 1 aromatic carbocycles. The lowest BCUT2D eigenvalue weighted by Gasteiger charge is -2.34. The van der Waals surface area contributed by atoms with Crippen LogP contribution in [0.1, 0.15) is 31.7 Å². The Morgan fingerprint density at radius 1 is 0.900 bits per heavy atom. The third-order valence-electron chi connectivity index (χ3n) is 6.21. The van der Waals surface area contributed by atoms with Gasteiger partial charge in [0, 0.05) is 44.8 Å². The maximum atomic E-state index is 13.2. The van der Waals surface area contributed by atoms with Gasteiger partial charge in [0.15, 0.2) is 5.82 Å². The van der Waals surface area contributed by atoms with E-state index in [-0.39, 0.29) is 0 Å². The van der Waals surface area contributed by atoms with Crippen molar-refractivity contribution in [3.8, 4) is 11.3 Å². The molecule has 3 heterocycles. The molecule has 0 N–H and O–H groups in total. The molecule has 4 rings (SSSR count). The summed E-state index contributed by atoms with van der Waals surface area (Å²) in [5.41, 5.74) is 2.25. The average Bonchev–Trinajstić information content (AvgIpc) is 2.80. The van der Waals surface area contributed by atoms with Crippen LogP contribution in [0, 0.1) is 6.92 Å². The maximum Gasteiger partial charge on any atom is 0.243 e. The number of aryl methyl sites for hydroxylation is 1. The molecule has 7 nitrogen and oxygen atoms in total. The van der Waals surface area contributed by atoms with Gasteiger partial charge in [0.25, 0.3) is 0 Å². The van der Waals surface area contributed by atoms with Gasteiger partial charge in [-0.2, -0.15) is 4.31 Å². The van der Waals surface area contributed by atoms with Crippen LogP contribution in [0.5, 0.6) is 0 Å². The van der Waals surface area contributed by atoms with Crippen LogP contribution in [0.3, 0.4) is 0 Å². The Morgan fingerprint density at radius 3 is 2.27 bits per heavy atom. The minimum Gasteiger partial charge on any atom is -0.353 e. The first kappa shape index (κ1) is 21.2. The fourth-order valence-electron chi connectivity index (χ4n) is 4.22. The van der Waals surface area contributed by atoms with Crippen LogP contribution < -0.4 is 4.90 Å². The fourth-order valence-corrected chi connectivity index (χ4v) is 5.99. The van der Waals surface area contributed by atoms with Gasteiger partial charge in [-0.1, -0.05) is 25.5 Å². The molecule has 0 radical (unpaired) electrons. The van der Waals surface area contributed by atoms with E-state index in [9.17, 15) is 8.42 Å². The van der Waals surface area contributed by atoms with Gasteiger partial charge < -0.3 is 9.80 Å². The van der Waals surface area contributed by atoms with E-state index in [4.69, 9.17) is 0 Å². The van der Waals surface area contributed by atoms with E-state index in [2.05, 4.69) is 26.9 Å². The Hall–Kier alpha value is -2.03. The van der Waals surface area contributed by atoms with Crippen molar-refractivity contribution < 1.29 is 8.42 Å². The molecule has 2 aromatic rings. The first-order chi connectivity index (χ1) is 14.5. The number of aromatic nitrogens is 2. The van der Waals surface area contributed by atoms with Crippen LogP contribution in [0.25, 0.3) is 11.3 Å². The summed E-state index contributed by atoms with van der Waals surface area (Å²) in [5, 5.41) is 8.85. The van der Waals surface area contributed by atoms with E-state index in [1.54, 1.807) is 10.4 Å². The van der Waals surface area contributed by atoms with Crippen molar-refractivity contribution in [2.75, 3.05) is 50.7 Å². The number of rotatable bonds is 5. The zero-order chi connectivity index (χ0) is 21.1. The van der Waals surface area contributed by atoms with Gasteiger partial charge in [0.1, 0.15) is 0 Å². The molecule has 1 aromatic heterocycles. The molecular formula is C22H31N5O2S. The Labute approximate surface area is 179 Å². The minimum absolute atomic E-state index is 0.378. The van der Waals surface area contributed by atoms with Crippen LogP contribution in [-0.4, -0.2) is 73.6 Å². The fraction of sp³-hybridized carbons (Fsp3) is 0.545. The second kappa shape index (κ2) is 8.99. The molecule has 0 atom stereocenters. The van der Waals surface area contributed by atoms with Gasteiger partial charge in [0.05, 0.1) is 10.6 Å². The molecule has 8 heteroatoms. The molecule has 2 aliphatic heterocycles. The van der Waals surface area contributed by atoms with Gasteiger partial charge in [-0.3, -0.25) is 0 Å². The number of piperidine rings is 1. The molecule has 2 saturated heterocycles. The predicted octanol–water partition coefficient (Wildman–Crippen LogP) is 2.77. The van der Waals surface area contributed by atoms with Gasteiger partial charge in [-0.05, 0) is 50.1 Å². The molecule has 30 heavy (non-hydrogen) atoms. The van der Waals surface area contributed by atoms with Crippen molar-refractivity contribution in [1.29, 1.82) is 0 Å². The Bertz CT molecular complexity index is 964. The van der Waals surface area contributed by atoms with E-state index in [1.807, 2.05) is 31.2 Å². The molecule has 2 aliphatic rings. The molecule has 2 fully saturated rings. The quantitative estimate of drug-likeness (QED) is 0.728. The van der Waals surface area contributed by atoms with Crippen LogP contribution in [0.2, 0.25) is 0 Å². The highest BCUT2D eigenvalue weighted by atomic mass is 32.2. The third-order valence-corrected chi connectivity index (χ3v) is 8.25. The lowest BCUT2D eigenvalue weighted by atomic mass is 10.1. The Morgan fingerprint density at radius 2 is 1.63 bits per heavy atom. The summed E-state index contributed by atoms with van der Waals surface area (Å²) in [6.45, 7) is 10.3. The summed E-state index contributed by atoms with van der Waals surface area (Å²) < 4.78 is 28.0. The summed E-state index contributed by atoms with van der Waals surface area (Å²) in [4.78, 5) is 5.06. The number of benzene rings is 1. The minimum atomic E-state index is -3.48. The smallest absolute Gasteiger partial charge is 0.243 e.